The van der Waals surface area contributed by atoms with E-state index in [1.54, 1.807) is 0 Å². The molecule has 0 aromatic heterocycles. The van der Waals surface area contributed by atoms with Crippen LogP contribution in [0.1, 0.15) is 32.3 Å². The average molecular weight is 253 g/mol. The highest BCUT2D eigenvalue weighted by molar-refractivity contribution is 6.31. The summed E-state index contributed by atoms with van der Waals surface area (Å²) >= 11 is 6.22. The summed E-state index contributed by atoms with van der Waals surface area (Å²) in [5.41, 5.74) is 7.76. The Morgan fingerprint density at radius 1 is 1.35 bits per heavy atom. The van der Waals surface area contributed by atoms with Gasteiger partial charge in [-0.1, -0.05) is 18.5 Å². The number of anilines is 1. The second-order valence-electron chi connectivity index (χ2n) is 5.31. The SMILES string of the molecule is CC1CCC(C)N(Cc2cc(N)ccc2Cl)C1. The first-order chi connectivity index (χ1) is 8.06. The van der Waals surface area contributed by atoms with Crippen molar-refractivity contribution in [1.29, 1.82) is 0 Å². The molecule has 1 heterocycles. The molecule has 2 atom stereocenters. The van der Waals surface area contributed by atoms with Gasteiger partial charge in [0.05, 0.1) is 0 Å². The largest absolute Gasteiger partial charge is 0.399 e. The van der Waals surface area contributed by atoms with Crippen molar-refractivity contribution in [2.45, 2.75) is 39.3 Å². The highest BCUT2D eigenvalue weighted by Gasteiger charge is 2.23. The molecule has 2 rings (SSSR count). The van der Waals surface area contributed by atoms with Crippen LogP contribution in [0.15, 0.2) is 18.2 Å². The van der Waals surface area contributed by atoms with Crippen molar-refractivity contribution < 1.29 is 0 Å². The van der Waals surface area contributed by atoms with Crippen molar-refractivity contribution in [3.8, 4) is 0 Å². The van der Waals surface area contributed by atoms with Crippen molar-refractivity contribution >= 4 is 17.3 Å². The predicted molar refractivity (Wildman–Crippen MR) is 74.1 cm³/mol. The topological polar surface area (TPSA) is 29.3 Å². The van der Waals surface area contributed by atoms with E-state index in [0.717, 1.165) is 35.3 Å². The molecule has 1 aromatic carbocycles. The van der Waals surface area contributed by atoms with Gasteiger partial charge < -0.3 is 5.73 Å². The van der Waals surface area contributed by atoms with Gasteiger partial charge in [0.2, 0.25) is 0 Å². The summed E-state index contributed by atoms with van der Waals surface area (Å²) in [6, 6.07) is 6.39. The van der Waals surface area contributed by atoms with Crippen LogP contribution in [0.25, 0.3) is 0 Å². The lowest BCUT2D eigenvalue weighted by molar-refractivity contribution is 0.117. The van der Waals surface area contributed by atoms with E-state index in [1.807, 2.05) is 18.2 Å². The zero-order chi connectivity index (χ0) is 12.4. The third kappa shape index (κ3) is 3.14. The van der Waals surface area contributed by atoms with E-state index < -0.39 is 0 Å². The fourth-order valence-corrected chi connectivity index (χ4v) is 2.71. The molecule has 17 heavy (non-hydrogen) atoms. The maximum Gasteiger partial charge on any atom is 0.0452 e. The number of nitrogens with two attached hydrogens (primary N) is 1. The number of piperidine rings is 1. The minimum Gasteiger partial charge on any atom is -0.399 e. The Balaban J connectivity index is 2.11. The number of nitrogens with zero attached hydrogens (tertiary/aromatic N) is 1. The number of benzene rings is 1. The molecule has 0 aliphatic carbocycles. The Kier molecular flexibility index (Phi) is 3.95. The van der Waals surface area contributed by atoms with Crippen molar-refractivity contribution in [3.63, 3.8) is 0 Å². The second-order valence-corrected chi connectivity index (χ2v) is 5.72. The normalized spacial score (nSPS) is 26.1. The lowest BCUT2D eigenvalue weighted by atomic mass is 9.94. The van der Waals surface area contributed by atoms with Crippen molar-refractivity contribution in [1.82, 2.24) is 4.90 Å². The lowest BCUT2D eigenvalue weighted by Crippen LogP contribution is -2.40. The van der Waals surface area contributed by atoms with E-state index >= 15 is 0 Å². The van der Waals surface area contributed by atoms with Gasteiger partial charge in [-0.2, -0.15) is 0 Å². The predicted octanol–water partition coefficient (Wildman–Crippen LogP) is 3.54. The molecule has 2 N–H and O–H groups in total. The minimum atomic E-state index is 0.642. The molecule has 1 saturated heterocycles. The van der Waals surface area contributed by atoms with E-state index in [9.17, 15) is 0 Å². The van der Waals surface area contributed by atoms with E-state index in [4.69, 9.17) is 17.3 Å². The van der Waals surface area contributed by atoms with Crippen molar-refractivity contribution in [2.75, 3.05) is 12.3 Å². The summed E-state index contributed by atoms with van der Waals surface area (Å²) in [5.74, 6) is 0.783. The fourth-order valence-electron chi connectivity index (χ4n) is 2.53. The Bertz CT molecular complexity index is 392. The molecule has 1 fully saturated rings. The summed E-state index contributed by atoms with van der Waals surface area (Å²) in [5, 5.41) is 0.824. The first-order valence-corrected chi connectivity index (χ1v) is 6.72. The van der Waals surface area contributed by atoms with Gasteiger partial charge in [0, 0.05) is 29.8 Å². The number of rotatable bonds is 2. The minimum absolute atomic E-state index is 0.642. The van der Waals surface area contributed by atoms with Crippen LogP contribution in [0.3, 0.4) is 0 Å². The molecule has 2 unspecified atom stereocenters. The molecule has 0 saturated carbocycles. The maximum absolute atomic E-state index is 6.22. The standard InChI is InChI=1S/C14H21ClN2/c1-10-3-4-11(2)17(8-10)9-12-7-13(16)5-6-14(12)15/h5-7,10-11H,3-4,8-9,16H2,1-2H3. The molecule has 1 aromatic rings. The Labute approximate surface area is 109 Å². The molecular formula is C14H21ClN2. The highest BCUT2D eigenvalue weighted by atomic mass is 35.5. The van der Waals surface area contributed by atoms with Crippen molar-refractivity contribution in [3.05, 3.63) is 28.8 Å². The van der Waals surface area contributed by atoms with Gasteiger partial charge in [0.15, 0.2) is 0 Å². The molecule has 1 aliphatic rings. The van der Waals surface area contributed by atoms with Crippen LogP contribution in [0.2, 0.25) is 5.02 Å². The van der Waals surface area contributed by atoms with E-state index in [2.05, 4.69) is 18.7 Å². The molecule has 0 radical (unpaired) electrons. The Morgan fingerprint density at radius 3 is 2.88 bits per heavy atom. The monoisotopic (exact) mass is 252 g/mol. The van der Waals surface area contributed by atoms with Crippen LogP contribution in [-0.2, 0) is 6.54 Å². The number of likely N-dealkylation sites (tertiary alicyclic amines) is 1. The van der Waals surface area contributed by atoms with E-state index in [-0.39, 0.29) is 0 Å². The second kappa shape index (κ2) is 5.28. The number of hydrogen-bond acceptors (Lipinski definition) is 2. The summed E-state index contributed by atoms with van der Waals surface area (Å²) < 4.78 is 0. The molecule has 3 heteroatoms. The number of halogens is 1. The molecular weight excluding hydrogens is 232 g/mol. The third-order valence-electron chi connectivity index (χ3n) is 3.69. The lowest BCUT2D eigenvalue weighted by Gasteiger charge is -2.37. The third-order valence-corrected chi connectivity index (χ3v) is 4.06. The number of nitrogen functional groups attached to an aromatic ring is 1. The first-order valence-electron chi connectivity index (χ1n) is 6.34. The molecule has 2 nitrogen and oxygen atoms in total. The molecule has 0 spiro atoms. The molecule has 1 aliphatic heterocycles. The maximum atomic E-state index is 6.22. The van der Waals surface area contributed by atoms with Gasteiger partial charge in [0.1, 0.15) is 0 Å². The summed E-state index contributed by atoms with van der Waals surface area (Å²) in [6.07, 6.45) is 2.61. The molecule has 0 bridgehead atoms. The quantitative estimate of drug-likeness (QED) is 0.816. The highest BCUT2D eigenvalue weighted by Crippen LogP contribution is 2.26. The fraction of sp³-hybridized carbons (Fsp3) is 0.571. The van der Waals surface area contributed by atoms with Crippen LogP contribution in [0, 0.1) is 5.92 Å². The molecule has 0 amide bonds. The summed E-state index contributed by atoms with van der Waals surface area (Å²) in [6.45, 7) is 6.69. The van der Waals surface area contributed by atoms with Crippen LogP contribution in [0.4, 0.5) is 5.69 Å². The average Bonchev–Trinajstić information content (AvgIpc) is 2.28. The van der Waals surface area contributed by atoms with Gasteiger partial charge in [-0.15, -0.1) is 0 Å². The van der Waals surface area contributed by atoms with Gasteiger partial charge in [-0.05, 0) is 49.4 Å². The van der Waals surface area contributed by atoms with E-state index in [1.165, 1.54) is 12.8 Å². The van der Waals surface area contributed by atoms with Crippen LogP contribution < -0.4 is 5.73 Å². The summed E-state index contributed by atoms with van der Waals surface area (Å²) in [4.78, 5) is 2.51. The summed E-state index contributed by atoms with van der Waals surface area (Å²) in [7, 11) is 0. The van der Waals surface area contributed by atoms with Gasteiger partial charge in [-0.3, -0.25) is 4.90 Å². The van der Waals surface area contributed by atoms with Crippen molar-refractivity contribution in [2.24, 2.45) is 5.92 Å². The van der Waals surface area contributed by atoms with Gasteiger partial charge >= 0.3 is 0 Å². The zero-order valence-electron chi connectivity index (χ0n) is 10.6. The first kappa shape index (κ1) is 12.7. The van der Waals surface area contributed by atoms with Crippen LogP contribution >= 0.6 is 11.6 Å². The Hall–Kier alpha value is -0.730. The van der Waals surface area contributed by atoms with Gasteiger partial charge in [-0.25, -0.2) is 0 Å². The van der Waals surface area contributed by atoms with E-state index in [0.29, 0.717) is 6.04 Å². The Morgan fingerprint density at radius 2 is 2.12 bits per heavy atom. The van der Waals surface area contributed by atoms with Gasteiger partial charge in [0.25, 0.3) is 0 Å². The number of hydrogen-bond donors (Lipinski definition) is 1. The van der Waals surface area contributed by atoms with Crippen LogP contribution in [0.5, 0.6) is 0 Å². The van der Waals surface area contributed by atoms with Crippen LogP contribution in [-0.4, -0.2) is 17.5 Å². The smallest absolute Gasteiger partial charge is 0.0452 e. The molecule has 94 valence electrons. The zero-order valence-corrected chi connectivity index (χ0v) is 11.4.